The maximum absolute atomic E-state index is 12.8. The fourth-order valence-electron chi connectivity index (χ4n) is 2.87. The van der Waals surface area contributed by atoms with E-state index in [4.69, 9.17) is 27.4 Å². The van der Waals surface area contributed by atoms with Crippen LogP contribution in [0.4, 0.5) is 0 Å². The normalized spacial score (nSPS) is 15.2. The molecule has 194 valence electrons. The van der Waals surface area contributed by atoms with Gasteiger partial charge < -0.3 is 43.4 Å². The quantitative estimate of drug-likeness (QED) is 0.0988. The molecule has 0 aromatic rings. The van der Waals surface area contributed by atoms with Crippen molar-refractivity contribution in [1.82, 2.24) is 16.0 Å². The second-order valence-corrected chi connectivity index (χ2v) is 7.99. The van der Waals surface area contributed by atoms with Crippen molar-refractivity contribution in [3.63, 3.8) is 0 Å². The SMILES string of the molecule is CCC(C)C(N)C(=O)NC(CC(N)=O)C(=O)NC(CCCCN)C(=O)NC(CC(=O)O)C(=O)O. The number of carbonyl (C=O) groups is 6. The second-order valence-electron chi connectivity index (χ2n) is 7.99. The average Bonchev–Trinajstić information content (AvgIpc) is 2.75. The Kier molecular flexibility index (Phi) is 14.1. The molecule has 0 heterocycles. The second kappa shape index (κ2) is 15.6. The number of carbonyl (C=O) groups excluding carboxylic acids is 4. The zero-order valence-corrected chi connectivity index (χ0v) is 19.4. The minimum Gasteiger partial charge on any atom is -0.481 e. The molecule has 14 nitrogen and oxygen atoms in total. The molecule has 0 aliphatic rings. The number of carboxylic acid groups (broad SMARTS) is 2. The number of unbranched alkanes of at least 4 members (excludes halogenated alkanes) is 1. The Morgan fingerprint density at radius 1 is 0.824 bits per heavy atom. The van der Waals surface area contributed by atoms with E-state index < -0.39 is 72.6 Å². The van der Waals surface area contributed by atoms with Crippen LogP contribution in [0.2, 0.25) is 0 Å². The Bertz CT molecular complexity index is 747. The largest absolute Gasteiger partial charge is 0.481 e. The van der Waals surface area contributed by atoms with Crippen LogP contribution in [0.15, 0.2) is 0 Å². The van der Waals surface area contributed by atoms with Crippen LogP contribution in [-0.4, -0.2) is 76.5 Å². The fraction of sp³-hybridized carbons (Fsp3) is 0.700. The summed E-state index contributed by atoms with van der Waals surface area (Å²) in [5.74, 6) is -6.67. The summed E-state index contributed by atoms with van der Waals surface area (Å²) >= 11 is 0. The first-order chi connectivity index (χ1) is 15.8. The van der Waals surface area contributed by atoms with Crippen LogP contribution in [0.25, 0.3) is 0 Å². The smallest absolute Gasteiger partial charge is 0.326 e. The highest BCUT2D eigenvalue weighted by atomic mass is 16.4. The third kappa shape index (κ3) is 11.6. The van der Waals surface area contributed by atoms with Gasteiger partial charge in [-0.3, -0.25) is 24.0 Å². The summed E-state index contributed by atoms with van der Waals surface area (Å²) in [7, 11) is 0. The van der Waals surface area contributed by atoms with Crippen LogP contribution in [0, 0.1) is 5.92 Å². The molecule has 0 rings (SSSR count). The lowest BCUT2D eigenvalue weighted by molar-refractivity contribution is -0.147. The van der Waals surface area contributed by atoms with E-state index in [2.05, 4.69) is 16.0 Å². The number of aliphatic carboxylic acids is 2. The molecule has 0 aromatic carbocycles. The van der Waals surface area contributed by atoms with Crippen LogP contribution in [0.1, 0.15) is 52.4 Å². The molecule has 11 N–H and O–H groups in total. The average molecular weight is 489 g/mol. The monoisotopic (exact) mass is 488 g/mol. The Morgan fingerprint density at radius 3 is 1.82 bits per heavy atom. The van der Waals surface area contributed by atoms with E-state index in [9.17, 15) is 28.8 Å². The molecule has 4 amide bonds. The first-order valence-electron chi connectivity index (χ1n) is 10.9. The number of amides is 4. The molecule has 0 saturated heterocycles. The van der Waals surface area contributed by atoms with Crippen LogP contribution in [0.3, 0.4) is 0 Å². The van der Waals surface area contributed by atoms with E-state index in [-0.39, 0.29) is 12.3 Å². The summed E-state index contributed by atoms with van der Waals surface area (Å²) in [5, 5.41) is 24.8. The molecule has 0 bridgehead atoms. The minimum absolute atomic E-state index is 0.0395. The van der Waals surface area contributed by atoms with Crippen molar-refractivity contribution in [2.45, 2.75) is 76.5 Å². The summed E-state index contributed by atoms with van der Waals surface area (Å²) in [5.41, 5.74) is 16.5. The van der Waals surface area contributed by atoms with E-state index in [1.165, 1.54) is 0 Å². The number of carboxylic acids is 2. The van der Waals surface area contributed by atoms with E-state index in [0.717, 1.165) is 0 Å². The highest BCUT2D eigenvalue weighted by Gasteiger charge is 2.32. The number of hydrogen-bond donors (Lipinski definition) is 8. The van der Waals surface area contributed by atoms with Gasteiger partial charge in [-0.25, -0.2) is 4.79 Å². The zero-order chi connectivity index (χ0) is 26.4. The van der Waals surface area contributed by atoms with Crippen molar-refractivity contribution >= 4 is 35.6 Å². The molecule has 14 heteroatoms. The predicted molar refractivity (Wildman–Crippen MR) is 120 cm³/mol. The van der Waals surface area contributed by atoms with Crippen molar-refractivity contribution in [3.05, 3.63) is 0 Å². The lowest BCUT2D eigenvalue weighted by Gasteiger charge is -2.25. The number of rotatable bonds is 17. The van der Waals surface area contributed by atoms with Gasteiger partial charge in [0.05, 0.1) is 18.9 Å². The Labute approximate surface area is 197 Å². The maximum Gasteiger partial charge on any atom is 0.326 e. The molecular formula is C20H36N6O8. The number of primary amides is 1. The van der Waals surface area contributed by atoms with Crippen LogP contribution < -0.4 is 33.2 Å². The molecule has 5 unspecified atom stereocenters. The van der Waals surface area contributed by atoms with Gasteiger partial charge in [0.1, 0.15) is 18.1 Å². The predicted octanol–water partition coefficient (Wildman–Crippen LogP) is -2.62. The highest BCUT2D eigenvalue weighted by molar-refractivity contribution is 5.96. The van der Waals surface area contributed by atoms with Crippen molar-refractivity contribution < 1.29 is 39.0 Å². The minimum atomic E-state index is -1.73. The number of nitrogens with two attached hydrogens (primary N) is 3. The summed E-state index contributed by atoms with van der Waals surface area (Å²) < 4.78 is 0. The molecule has 0 saturated carbocycles. The molecule has 0 fully saturated rings. The van der Waals surface area contributed by atoms with E-state index >= 15 is 0 Å². The van der Waals surface area contributed by atoms with Gasteiger partial charge in [-0.1, -0.05) is 20.3 Å². The molecular weight excluding hydrogens is 452 g/mol. The van der Waals surface area contributed by atoms with Gasteiger partial charge in [-0.2, -0.15) is 0 Å². The van der Waals surface area contributed by atoms with Crippen molar-refractivity contribution in [2.24, 2.45) is 23.1 Å². The first kappa shape index (κ1) is 30.7. The molecule has 0 spiro atoms. The highest BCUT2D eigenvalue weighted by Crippen LogP contribution is 2.08. The van der Waals surface area contributed by atoms with Crippen LogP contribution in [0.5, 0.6) is 0 Å². The molecule has 0 radical (unpaired) electrons. The van der Waals surface area contributed by atoms with E-state index in [1.807, 2.05) is 6.92 Å². The summed E-state index contributed by atoms with van der Waals surface area (Å²) in [6.45, 7) is 3.86. The van der Waals surface area contributed by atoms with Gasteiger partial charge in [0.2, 0.25) is 23.6 Å². The van der Waals surface area contributed by atoms with Crippen LogP contribution >= 0.6 is 0 Å². The van der Waals surface area contributed by atoms with Gasteiger partial charge >= 0.3 is 11.9 Å². The number of hydrogen-bond acceptors (Lipinski definition) is 8. The van der Waals surface area contributed by atoms with E-state index in [0.29, 0.717) is 25.8 Å². The number of nitrogens with one attached hydrogen (secondary N) is 3. The van der Waals surface area contributed by atoms with Crippen molar-refractivity contribution in [1.29, 1.82) is 0 Å². The molecule has 0 aliphatic heterocycles. The van der Waals surface area contributed by atoms with Crippen molar-refractivity contribution in [3.8, 4) is 0 Å². The van der Waals surface area contributed by atoms with Gasteiger partial charge in [0.15, 0.2) is 0 Å². The van der Waals surface area contributed by atoms with Gasteiger partial charge in [-0.05, 0) is 31.7 Å². The topological polar surface area (TPSA) is 257 Å². The zero-order valence-electron chi connectivity index (χ0n) is 19.4. The third-order valence-corrected chi connectivity index (χ3v) is 5.17. The van der Waals surface area contributed by atoms with Gasteiger partial charge in [0.25, 0.3) is 0 Å². The van der Waals surface area contributed by atoms with Crippen molar-refractivity contribution in [2.75, 3.05) is 6.54 Å². The summed E-state index contributed by atoms with van der Waals surface area (Å²) in [6.07, 6.45) is 0.0419. The molecule has 0 aliphatic carbocycles. The lowest BCUT2D eigenvalue weighted by Crippen LogP contribution is -2.58. The van der Waals surface area contributed by atoms with Gasteiger partial charge in [-0.15, -0.1) is 0 Å². The molecule has 34 heavy (non-hydrogen) atoms. The Hall–Kier alpha value is -3.26. The Morgan fingerprint density at radius 2 is 1.35 bits per heavy atom. The third-order valence-electron chi connectivity index (χ3n) is 5.17. The van der Waals surface area contributed by atoms with E-state index in [1.54, 1.807) is 6.92 Å². The standard InChI is InChI=1S/C20H36N6O8/c1-3-10(2)16(23)19(32)25-12(8-14(22)27)18(31)24-11(6-4-5-7-21)17(30)26-13(20(33)34)9-15(28)29/h10-13,16H,3-9,21,23H2,1-2H3,(H2,22,27)(H,24,31)(H,25,32)(H,26,30)(H,28,29)(H,33,34). The van der Waals surface area contributed by atoms with Crippen LogP contribution in [-0.2, 0) is 28.8 Å². The summed E-state index contributed by atoms with van der Waals surface area (Å²) in [6, 6.07) is -5.40. The maximum atomic E-state index is 12.8. The molecule has 5 atom stereocenters. The Balaban J connectivity index is 5.59. The first-order valence-corrected chi connectivity index (χ1v) is 10.9. The lowest BCUT2D eigenvalue weighted by atomic mass is 9.98. The molecule has 0 aromatic heterocycles. The van der Waals surface area contributed by atoms with Gasteiger partial charge in [0, 0.05) is 0 Å². The fourth-order valence-corrected chi connectivity index (χ4v) is 2.87. The summed E-state index contributed by atoms with van der Waals surface area (Å²) in [4.78, 5) is 71.5.